The van der Waals surface area contributed by atoms with Gasteiger partial charge in [-0.15, -0.1) is 0 Å². The minimum atomic E-state index is -0.463. The van der Waals surface area contributed by atoms with Crippen LogP contribution in [0.2, 0.25) is 0 Å². The molecular formula is C5H11B5NO. The molecule has 1 aliphatic heterocycles. The average molecular weight is 155 g/mol. The molecule has 0 aromatic heterocycles. The molecular weight excluding hydrogens is 144 g/mol. The van der Waals surface area contributed by atoms with Crippen LogP contribution in [0.5, 0.6) is 0 Å². The average Bonchev–Trinajstić information content (AvgIpc) is 2.07. The second-order valence-electron chi connectivity index (χ2n) is 2.77. The molecule has 1 atom stereocenters. The fraction of sp³-hybridized carbons (Fsp3) is 1.00. The lowest BCUT2D eigenvalue weighted by Gasteiger charge is -2.16. The highest BCUT2D eigenvalue weighted by atomic mass is 16.3. The highest BCUT2D eigenvalue weighted by molar-refractivity contribution is 7.60. The molecule has 1 unspecified atom stereocenters. The quantitative estimate of drug-likeness (QED) is 0.422. The smallest absolute Gasteiger partial charge is 0.0665 e. The van der Waals surface area contributed by atoms with E-state index in [1.165, 1.54) is 7.06 Å². The van der Waals surface area contributed by atoms with Crippen LogP contribution in [0.4, 0.5) is 0 Å². The molecule has 0 aliphatic carbocycles. The maximum atomic E-state index is 8.85. The molecule has 0 aromatic carbocycles. The molecule has 1 heterocycles. The van der Waals surface area contributed by atoms with Crippen molar-refractivity contribution in [2.75, 3.05) is 13.1 Å². The third-order valence-corrected chi connectivity index (χ3v) is 1.49. The summed E-state index contributed by atoms with van der Waals surface area (Å²) in [6, 6.07) is 0. The van der Waals surface area contributed by atoms with Gasteiger partial charge in [0.1, 0.15) is 0 Å². The number of aliphatic hydroxyl groups is 1. The van der Waals surface area contributed by atoms with E-state index in [1.807, 2.05) is 0 Å². The van der Waals surface area contributed by atoms with E-state index in [-0.39, 0.29) is 6.10 Å². The first-order chi connectivity index (χ1) is 5.66. The zero-order valence-corrected chi connectivity index (χ0v) is 7.24. The lowest BCUT2D eigenvalue weighted by Crippen LogP contribution is -2.33. The van der Waals surface area contributed by atoms with E-state index in [2.05, 4.69) is 5.32 Å². The van der Waals surface area contributed by atoms with Gasteiger partial charge in [0.2, 0.25) is 0 Å². The highest BCUT2D eigenvalue weighted by Crippen LogP contribution is 1.98. The molecule has 7 heteroatoms. The Morgan fingerprint density at radius 2 is 2.08 bits per heavy atom. The maximum absolute atomic E-state index is 8.85. The molecule has 2 nitrogen and oxygen atoms in total. The molecule has 12 heavy (non-hydrogen) atoms. The summed E-state index contributed by atoms with van der Waals surface area (Å²) in [5, 5.41) is 11.9. The summed E-state index contributed by atoms with van der Waals surface area (Å²) in [5.74, 6) is 0. The van der Waals surface area contributed by atoms with Gasteiger partial charge < -0.3 is 10.4 Å². The van der Waals surface area contributed by atoms with Crippen LogP contribution in [0, 0.1) is 0 Å². The minimum Gasteiger partial charge on any atom is -0.392 e. The second kappa shape index (κ2) is 7.87. The molecule has 7 radical (unpaired) electrons. The molecule has 2 N–H and O–H groups in total. The highest BCUT2D eigenvalue weighted by Gasteiger charge is 2.06. The Hall–Kier alpha value is 0.245. The second-order valence-corrected chi connectivity index (χ2v) is 2.77. The maximum Gasteiger partial charge on any atom is 0.0665 e. The van der Waals surface area contributed by atoms with Crippen molar-refractivity contribution in [1.29, 1.82) is 0 Å². The van der Waals surface area contributed by atoms with E-state index < -0.39 is 6.39 Å². The Kier molecular flexibility index (Phi) is 8.03. The van der Waals surface area contributed by atoms with Gasteiger partial charge in [0.25, 0.3) is 0 Å². The summed E-state index contributed by atoms with van der Waals surface area (Å²) < 4.78 is 0. The van der Waals surface area contributed by atoms with E-state index in [0.29, 0.717) is 0 Å². The van der Waals surface area contributed by atoms with Gasteiger partial charge >= 0.3 is 0 Å². The van der Waals surface area contributed by atoms with E-state index in [0.717, 1.165) is 25.9 Å². The zero-order valence-electron chi connectivity index (χ0n) is 7.24. The first kappa shape index (κ1) is 12.2. The predicted octanol–water partition coefficient (Wildman–Crippen LogP) is -2.17. The van der Waals surface area contributed by atoms with Gasteiger partial charge in [0.05, 0.1) is 6.10 Å². The van der Waals surface area contributed by atoms with Crippen LogP contribution in [-0.2, 0) is 0 Å². The van der Waals surface area contributed by atoms with Crippen LogP contribution in [-0.4, -0.2) is 61.0 Å². The summed E-state index contributed by atoms with van der Waals surface area (Å²) in [6.07, 6.45) is 1.57. The van der Waals surface area contributed by atoms with Crippen molar-refractivity contribution in [3.05, 3.63) is 0 Å². The van der Waals surface area contributed by atoms with Crippen molar-refractivity contribution in [3.63, 3.8) is 0 Å². The minimum absolute atomic E-state index is 0.0752. The monoisotopic (exact) mass is 156 g/mol. The normalized spacial score (nSPS) is 21.9. The lowest BCUT2D eigenvalue weighted by molar-refractivity contribution is 0.142. The van der Waals surface area contributed by atoms with E-state index in [4.69, 9.17) is 28.3 Å². The molecule has 1 fully saturated rings. The van der Waals surface area contributed by atoms with Crippen LogP contribution in [0.25, 0.3) is 0 Å². The summed E-state index contributed by atoms with van der Waals surface area (Å²) in [6.45, 7) is 1.87. The fourth-order valence-electron chi connectivity index (χ4n) is 0.833. The predicted molar refractivity (Wildman–Crippen MR) is 56.9 cm³/mol. The molecule has 0 amide bonds. The van der Waals surface area contributed by atoms with Crippen LogP contribution < -0.4 is 5.32 Å². The van der Waals surface area contributed by atoms with E-state index >= 15 is 0 Å². The van der Waals surface area contributed by atoms with Gasteiger partial charge in [-0.25, -0.2) is 0 Å². The molecule has 0 aromatic rings. The van der Waals surface area contributed by atoms with Crippen molar-refractivity contribution >= 4 is 36.7 Å². The third kappa shape index (κ3) is 8.34. The van der Waals surface area contributed by atoms with Crippen LogP contribution in [0.15, 0.2) is 0 Å². The van der Waals surface area contributed by atoms with Gasteiger partial charge in [-0.2, -0.15) is 0 Å². The van der Waals surface area contributed by atoms with Gasteiger partial charge in [-0.3, -0.25) is 0 Å². The summed E-state index contributed by atoms with van der Waals surface area (Å²) >= 11 is 0. The third-order valence-electron chi connectivity index (χ3n) is 1.49. The van der Waals surface area contributed by atoms with Gasteiger partial charge in [0, 0.05) is 43.2 Å². The van der Waals surface area contributed by atoms with Crippen molar-refractivity contribution in [2.45, 2.75) is 18.9 Å². The van der Waals surface area contributed by atoms with E-state index in [1.54, 1.807) is 0 Å². The number of rotatable bonds is 1. The Morgan fingerprint density at radius 3 is 2.25 bits per heavy atom. The van der Waals surface area contributed by atoms with Gasteiger partial charge in [0.15, 0.2) is 0 Å². The number of hydrogen-bond acceptors (Lipinski definition) is 2. The van der Waals surface area contributed by atoms with Crippen molar-refractivity contribution in [3.8, 4) is 0 Å². The zero-order chi connectivity index (χ0) is 9.40. The van der Waals surface area contributed by atoms with Gasteiger partial charge in [-0.05, 0) is 19.4 Å². The molecule has 1 aliphatic rings. The number of piperidine rings is 1. The van der Waals surface area contributed by atoms with E-state index in [9.17, 15) is 0 Å². The van der Waals surface area contributed by atoms with Gasteiger partial charge in [-0.1, -0.05) is 0 Å². The number of hydrogen-bond donors (Lipinski definition) is 2. The first-order valence-corrected chi connectivity index (χ1v) is 4.12. The molecule has 0 spiro atoms. The standard InChI is InChI=1S/C5H11NO.B5/c7-5-2-1-3-6-4-5;1-4-5(2)3/h5-7H,1-4H2;. The van der Waals surface area contributed by atoms with Crippen molar-refractivity contribution in [2.24, 2.45) is 0 Å². The fourth-order valence-corrected chi connectivity index (χ4v) is 0.833. The topological polar surface area (TPSA) is 32.3 Å². The van der Waals surface area contributed by atoms with Crippen LogP contribution in [0.1, 0.15) is 12.8 Å². The molecule has 1 rings (SSSR count). The Balaban J connectivity index is 0.000000217. The van der Waals surface area contributed by atoms with Crippen molar-refractivity contribution < 1.29 is 5.11 Å². The largest absolute Gasteiger partial charge is 0.392 e. The molecule has 57 valence electrons. The molecule has 1 saturated heterocycles. The molecule has 0 bridgehead atoms. The SMILES string of the molecule is OC1CCCNC1.[B][B]B([B])[B]. The summed E-state index contributed by atoms with van der Waals surface area (Å²) in [4.78, 5) is 0. The number of aliphatic hydroxyl groups excluding tert-OH is 1. The Morgan fingerprint density at radius 1 is 1.50 bits per heavy atom. The van der Waals surface area contributed by atoms with Crippen molar-refractivity contribution in [1.82, 2.24) is 5.32 Å². The summed E-state index contributed by atoms with van der Waals surface area (Å²) in [7, 11) is 15.8. The molecule has 0 saturated carbocycles. The summed E-state index contributed by atoms with van der Waals surface area (Å²) in [5.41, 5.74) is 0. The first-order valence-electron chi connectivity index (χ1n) is 4.12. The number of nitrogens with one attached hydrogen (secondary N) is 1. The Labute approximate surface area is 79.7 Å². The lowest BCUT2D eigenvalue weighted by atomic mass is 8.97. The van der Waals surface area contributed by atoms with Crippen LogP contribution >= 0.6 is 0 Å². The van der Waals surface area contributed by atoms with Crippen LogP contribution in [0.3, 0.4) is 0 Å². The number of β-amino-alcohol motifs (C(OH)–C–C–N with tert-alkyl or cyclic N) is 1. The Bertz CT molecular complexity index is 97.8.